The molecule has 102 valence electrons. The molecule has 0 bridgehead atoms. The third kappa shape index (κ3) is 2.72. The highest BCUT2D eigenvalue weighted by atomic mass is 16.4. The summed E-state index contributed by atoms with van der Waals surface area (Å²) in [6, 6.07) is 5.49. The van der Waals surface area contributed by atoms with Gasteiger partial charge >= 0.3 is 11.9 Å². The first-order valence-electron chi connectivity index (χ1n) is 5.63. The minimum absolute atomic E-state index is 0.343. The number of nitrogens with one attached hydrogen (secondary N) is 1. The molecule has 3 N–H and O–H groups in total. The number of fused-ring (bicyclic) bond motifs is 1. The van der Waals surface area contributed by atoms with Crippen LogP contribution < -0.4 is 5.32 Å². The Bertz CT molecular complexity index is 709. The highest BCUT2D eigenvalue weighted by Crippen LogP contribution is 2.20. The maximum Gasteiger partial charge on any atom is 0.344 e. The Kier molecular flexibility index (Phi) is 3.60. The molecule has 0 aliphatic carbocycles. The number of carboxylic acids is 2. The lowest BCUT2D eigenvalue weighted by molar-refractivity contribution is -0.140. The average Bonchev–Trinajstić information content (AvgIpc) is 2.37. The molecule has 0 unspecified atom stereocenters. The van der Waals surface area contributed by atoms with Crippen LogP contribution in [0.15, 0.2) is 36.3 Å². The van der Waals surface area contributed by atoms with Crippen molar-refractivity contribution in [2.45, 2.75) is 6.92 Å². The van der Waals surface area contributed by atoms with Crippen molar-refractivity contribution in [2.75, 3.05) is 5.32 Å². The van der Waals surface area contributed by atoms with Gasteiger partial charge in [-0.1, -0.05) is 6.07 Å². The zero-order chi connectivity index (χ0) is 14.7. The summed E-state index contributed by atoms with van der Waals surface area (Å²) in [7, 11) is 0. The maximum absolute atomic E-state index is 10.7. The number of aryl methyl sites for hydroxylation is 1. The molecule has 0 saturated heterocycles. The van der Waals surface area contributed by atoms with E-state index in [0.717, 1.165) is 11.8 Å². The van der Waals surface area contributed by atoms with Crippen LogP contribution in [0.2, 0.25) is 0 Å². The zero-order valence-corrected chi connectivity index (χ0v) is 10.5. The molecule has 20 heavy (non-hydrogen) atoms. The average molecular weight is 273 g/mol. The number of rotatable bonds is 4. The monoisotopic (exact) mass is 273 g/mol. The molecule has 0 saturated carbocycles. The summed E-state index contributed by atoms with van der Waals surface area (Å²) in [4.78, 5) is 29.6. The number of hydrogen-bond acceptors (Lipinski definition) is 5. The van der Waals surface area contributed by atoms with Gasteiger partial charge in [0.05, 0.1) is 5.52 Å². The van der Waals surface area contributed by atoms with Crippen molar-refractivity contribution in [2.24, 2.45) is 0 Å². The fourth-order valence-electron chi connectivity index (χ4n) is 1.64. The predicted octanol–water partition coefficient (Wildman–Crippen LogP) is 1.40. The number of anilines is 1. The molecular weight excluding hydrogens is 262 g/mol. The second-order valence-electron chi connectivity index (χ2n) is 4.06. The van der Waals surface area contributed by atoms with Crippen LogP contribution >= 0.6 is 0 Å². The smallest absolute Gasteiger partial charge is 0.344 e. The lowest BCUT2D eigenvalue weighted by atomic mass is 10.1. The molecular formula is C13H11N3O4. The van der Waals surface area contributed by atoms with Crippen molar-refractivity contribution in [3.63, 3.8) is 0 Å². The lowest BCUT2D eigenvalue weighted by Gasteiger charge is -2.05. The Morgan fingerprint density at radius 2 is 1.90 bits per heavy atom. The van der Waals surface area contributed by atoms with E-state index in [1.54, 1.807) is 6.07 Å². The Balaban J connectivity index is 2.42. The molecule has 1 aromatic heterocycles. The fourth-order valence-corrected chi connectivity index (χ4v) is 1.64. The Labute approximate surface area is 113 Å². The molecule has 0 radical (unpaired) electrons. The van der Waals surface area contributed by atoms with E-state index in [1.165, 1.54) is 6.33 Å². The van der Waals surface area contributed by atoms with Gasteiger partial charge in [-0.15, -0.1) is 0 Å². The van der Waals surface area contributed by atoms with Gasteiger partial charge in [0.2, 0.25) is 0 Å². The first-order chi connectivity index (χ1) is 9.49. The highest BCUT2D eigenvalue weighted by molar-refractivity contribution is 6.12. The van der Waals surface area contributed by atoms with E-state index >= 15 is 0 Å². The van der Waals surface area contributed by atoms with Crippen LogP contribution in [0.3, 0.4) is 0 Å². The Morgan fingerprint density at radius 1 is 1.20 bits per heavy atom. The molecule has 1 aromatic carbocycles. The van der Waals surface area contributed by atoms with Gasteiger partial charge in [-0.25, -0.2) is 19.6 Å². The van der Waals surface area contributed by atoms with Crippen molar-refractivity contribution in [1.29, 1.82) is 0 Å². The molecule has 0 aliphatic heterocycles. The van der Waals surface area contributed by atoms with Gasteiger partial charge < -0.3 is 15.5 Å². The number of benzene rings is 1. The largest absolute Gasteiger partial charge is 0.477 e. The summed E-state index contributed by atoms with van der Waals surface area (Å²) >= 11 is 0. The van der Waals surface area contributed by atoms with E-state index in [4.69, 9.17) is 10.2 Å². The number of carboxylic acid groups (broad SMARTS) is 2. The summed E-state index contributed by atoms with van der Waals surface area (Å²) in [5, 5.41) is 20.8. The molecule has 0 fully saturated rings. The summed E-state index contributed by atoms with van der Waals surface area (Å²) in [5.41, 5.74) is 0.932. The van der Waals surface area contributed by atoms with E-state index < -0.39 is 17.5 Å². The first-order valence-corrected chi connectivity index (χ1v) is 5.63. The number of hydrogen-bond donors (Lipinski definition) is 3. The highest BCUT2D eigenvalue weighted by Gasteiger charge is 2.15. The van der Waals surface area contributed by atoms with Crippen molar-refractivity contribution >= 4 is 28.7 Å². The summed E-state index contributed by atoms with van der Waals surface area (Å²) in [6.45, 7) is 1.92. The van der Waals surface area contributed by atoms with Crippen molar-refractivity contribution < 1.29 is 19.8 Å². The lowest BCUT2D eigenvalue weighted by Crippen LogP contribution is -2.13. The van der Waals surface area contributed by atoms with Crippen molar-refractivity contribution in [1.82, 2.24) is 9.97 Å². The van der Waals surface area contributed by atoms with E-state index in [-0.39, 0.29) is 0 Å². The van der Waals surface area contributed by atoms with Crippen molar-refractivity contribution in [3.8, 4) is 0 Å². The minimum Gasteiger partial charge on any atom is -0.477 e. The van der Waals surface area contributed by atoms with Crippen molar-refractivity contribution in [3.05, 3.63) is 41.9 Å². The van der Waals surface area contributed by atoms with Gasteiger partial charge in [0.25, 0.3) is 0 Å². The summed E-state index contributed by atoms with van der Waals surface area (Å²) < 4.78 is 0. The van der Waals surface area contributed by atoms with Gasteiger partial charge in [-0.3, -0.25) is 0 Å². The first kappa shape index (κ1) is 13.5. The summed E-state index contributed by atoms with van der Waals surface area (Å²) in [6.07, 6.45) is 2.21. The number of carbonyl (C=O) groups is 2. The predicted molar refractivity (Wildman–Crippen MR) is 71.3 cm³/mol. The summed E-state index contributed by atoms with van der Waals surface area (Å²) in [5.74, 6) is -2.71. The minimum atomic E-state index is -1.53. The Morgan fingerprint density at radius 3 is 2.55 bits per heavy atom. The van der Waals surface area contributed by atoms with Gasteiger partial charge in [0.15, 0.2) is 5.57 Å². The number of nitrogens with zero attached hydrogens (tertiary/aromatic N) is 2. The standard InChI is InChI=1S/C13H11N3O4/c1-7-2-3-8-10(4-7)15-6-16-11(8)14-5-9(12(17)18)13(19)20/h2-6H,1H3,(H,17,18)(H,19,20)(H,14,15,16). The zero-order valence-electron chi connectivity index (χ0n) is 10.5. The molecule has 0 amide bonds. The molecule has 0 atom stereocenters. The van der Waals surface area contributed by atoms with Gasteiger partial charge in [-0.05, 0) is 24.6 Å². The van der Waals surface area contributed by atoms with Gasteiger partial charge in [0.1, 0.15) is 12.1 Å². The number of aromatic nitrogens is 2. The quantitative estimate of drug-likeness (QED) is 0.438. The van der Waals surface area contributed by atoms with E-state index in [9.17, 15) is 9.59 Å². The van der Waals surface area contributed by atoms with Crippen LogP contribution in [0.4, 0.5) is 5.82 Å². The molecule has 1 heterocycles. The van der Waals surface area contributed by atoms with Gasteiger partial charge in [-0.2, -0.15) is 0 Å². The van der Waals surface area contributed by atoms with E-state index in [1.807, 2.05) is 19.1 Å². The second kappa shape index (κ2) is 5.35. The molecule has 7 nitrogen and oxygen atoms in total. The maximum atomic E-state index is 10.7. The van der Waals surface area contributed by atoms with Crippen LogP contribution in [0, 0.1) is 6.92 Å². The molecule has 0 aliphatic rings. The molecule has 2 aromatic rings. The molecule has 0 spiro atoms. The van der Waals surface area contributed by atoms with Crippen LogP contribution in [0.25, 0.3) is 10.9 Å². The molecule has 7 heteroatoms. The van der Waals surface area contributed by atoms with E-state index in [2.05, 4.69) is 15.3 Å². The van der Waals surface area contributed by atoms with Crippen LogP contribution in [0.5, 0.6) is 0 Å². The van der Waals surface area contributed by atoms with Crippen LogP contribution in [-0.2, 0) is 9.59 Å². The third-order valence-corrected chi connectivity index (χ3v) is 2.61. The number of aliphatic carboxylic acids is 2. The van der Waals surface area contributed by atoms with Crippen LogP contribution in [-0.4, -0.2) is 32.1 Å². The van der Waals surface area contributed by atoms with Gasteiger partial charge in [0, 0.05) is 11.6 Å². The normalized spacial score (nSPS) is 10.1. The second-order valence-corrected chi connectivity index (χ2v) is 4.06. The van der Waals surface area contributed by atoms with Crippen LogP contribution in [0.1, 0.15) is 5.56 Å². The Hall–Kier alpha value is -2.96. The fraction of sp³-hybridized carbons (Fsp3) is 0.0769. The van der Waals surface area contributed by atoms with E-state index in [0.29, 0.717) is 16.7 Å². The SMILES string of the molecule is Cc1ccc2c(NC=C(C(=O)O)C(=O)O)ncnc2c1. The molecule has 2 rings (SSSR count). The topological polar surface area (TPSA) is 112 Å². The third-order valence-electron chi connectivity index (χ3n) is 2.61.